The van der Waals surface area contributed by atoms with Gasteiger partial charge in [0.1, 0.15) is 0 Å². The summed E-state index contributed by atoms with van der Waals surface area (Å²) in [4.78, 5) is 3.89. The summed E-state index contributed by atoms with van der Waals surface area (Å²) in [5.41, 5.74) is 0. The van der Waals surface area contributed by atoms with E-state index in [1.165, 1.54) is 11.8 Å². The second-order valence-corrected chi connectivity index (χ2v) is 7.00. The van der Waals surface area contributed by atoms with Crippen molar-refractivity contribution in [3.8, 4) is 0 Å². The van der Waals surface area contributed by atoms with Crippen LogP contribution in [0.25, 0.3) is 0 Å². The Kier molecular flexibility index (Phi) is 4.95. The van der Waals surface area contributed by atoms with Crippen molar-refractivity contribution in [1.29, 1.82) is 0 Å². The van der Waals surface area contributed by atoms with Gasteiger partial charge in [0.15, 0.2) is 0 Å². The van der Waals surface area contributed by atoms with Crippen molar-refractivity contribution in [1.82, 2.24) is 0 Å². The van der Waals surface area contributed by atoms with Gasteiger partial charge in [-0.05, 0) is 6.42 Å². The Hall–Kier alpha value is 0.470. The first-order valence-electron chi connectivity index (χ1n) is 3.95. The molecule has 0 aromatic carbocycles. The molecule has 8 heteroatoms. The second kappa shape index (κ2) is 5.53. The fourth-order valence-electron chi connectivity index (χ4n) is 0.766. The molecule has 4 nitrogen and oxygen atoms in total. The number of thiol groups is 2. The molecule has 0 aromatic heterocycles. The van der Waals surface area contributed by atoms with E-state index in [1.807, 2.05) is 0 Å². The van der Waals surface area contributed by atoms with E-state index in [2.05, 4.69) is 30.2 Å². The van der Waals surface area contributed by atoms with E-state index in [9.17, 15) is 8.42 Å². The normalized spacial score (nSPS) is 17.2. The first-order valence-corrected chi connectivity index (χ1v) is 7.55. The van der Waals surface area contributed by atoms with Crippen LogP contribution in [0.1, 0.15) is 6.42 Å². The average molecular weight is 273 g/mol. The van der Waals surface area contributed by atoms with E-state index < -0.39 is 10.1 Å². The number of aliphatic imine (C=N–C) groups is 1. The molecule has 1 aliphatic rings. The molecule has 1 heterocycles. The lowest BCUT2D eigenvalue weighted by molar-refractivity contribution is 0.487. The standard InChI is InChI=1S/C6H11NO3S4/c8-14(9,4-1-5(11)12)10-6-7-2-3-13-6/h5,11-12H,1-4H2. The average Bonchev–Trinajstić information content (AvgIpc) is 2.53. The van der Waals surface area contributed by atoms with Gasteiger partial charge in [-0.25, -0.2) is 4.99 Å². The highest BCUT2D eigenvalue weighted by molar-refractivity contribution is 8.14. The Morgan fingerprint density at radius 2 is 2.29 bits per heavy atom. The molecule has 0 fully saturated rings. The molecule has 1 rings (SSSR count). The van der Waals surface area contributed by atoms with Crippen molar-refractivity contribution < 1.29 is 12.6 Å². The van der Waals surface area contributed by atoms with Gasteiger partial charge in [-0.3, -0.25) is 0 Å². The van der Waals surface area contributed by atoms with Gasteiger partial charge in [0.05, 0.1) is 12.3 Å². The van der Waals surface area contributed by atoms with Crippen LogP contribution in [0.3, 0.4) is 0 Å². The van der Waals surface area contributed by atoms with Crippen molar-refractivity contribution in [2.45, 2.75) is 11.0 Å². The quantitative estimate of drug-likeness (QED) is 0.456. The van der Waals surface area contributed by atoms with Gasteiger partial charge in [-0.1, -0.05) is 11.8 Å². The number of hydrogen-bond acceptors (Lipinski definition) is 7. The summed E-state index contributed by atoms with van der Waals surface area (Å²) in [7, 11) is -3.51. The Labute approximate surface area is 98.8 Å². The molecule has 0 atom stereocenters. The van der Waals surface area contributed by atoms with Crippen LogP contribution >= 0.6 is 37.0 Å². The van der Waals surface area contributed by atoms with Gasteiger partial charge < -0.3 is 4.18 Å². The van der Waals surface area contributed by atoms with Crippen LogP contribution in [0, 0.1) is 0 Å². The van der Waals surface area contributed by atoms with Gasteiger partial charge in [-0.2, -0.15) is 33.7 Å². The van der Waals surface area contributed by atoms with E-state index in [4.69, 9.17) is 4.18 Å². The highest BCUT2D eigenvalue weighted by atomic mass is 32.2. The van der Waals surface area contributed by atoms with Crippen molar-refractivity contribution in [3.05, 3.63) is 0 Å². The van der Waals surface area contributed by atoms with Crippen molar-refractivity contribution in [2.75, 3.05) is 18.1 Å². The van der Waals surface area contributed by atoms with E-state index in [0.29, 0.717) is 13.0 Å². The fourth-order valence-corrected chi connectivity index (χ4v) is 3.29. The zero-order valence-electron chi connectivity index (χ0n) is 7.29. The lowest BCUT2D eigenvalue weighted by Crippen LogP contribution is -2.14. The minimum Gasteiger partial charge on any atom is -0.355 e. The minimum atomic E-state index is -3.51. The molecule has 0 N–H and O–H groups in total. The summed E-state index contributed by atoms with van der Waals surface area (Å²) in [5.74, 6) is 0.705. The van der Waals surface area contributed by atoms with Gasteiger partial charge in [0.25, 0.3) is 5.23 Å². The first kappa shape index (κ1) is 12.5. The summed E-state index contributed by atoms with van der Waals surface area (Å²) in [6.45, 7) is 0.622. The summed E-state index contributed by atoms with van der Waals surface area (Å²) >= 11 is 9.25. The predicted molar refractivity (Wildman–Crippen MR) is 66.0 cm³/mol. The fraction of sp³-hybridized carbons (Fsp3) is 0.833. The zero-order chi connectivity index (χ0) is 10.6. The van der Waals surface area contributed by atoms with Crippen LogP contribution in [-0.2, 0) is 14.3 Å². The third-order valence-electron chi connectivity index (χ3n) is 1.38. The Bertz CT molecular complexity index is 311. The van der Waals surface area contributed by atoms with E-state index in [-0.39, 0.29) is 15.6 Å². The lowest BCUT2D eigenvalue weighted by atomic mass is 10.6. The van der Waals surface area contributed by atoms with Gasteiger partial charge in [0.2, 0.25) is 0 Å². The maximum absolute atomic E-state index is 11.3. The SMILES string of the molecule is O=S(=O)(CCC(S)S)OC1=NCCS1. The van der Waals surface area contributed by atoms with Crippen LogP contribution in [0.4, 0.5) is 0 Å². The Morgan fingerprint density at radius 3 is 2.79 bits per heavy atom. The largest absolute Gasteiger partial charge is 0.355 e. The number of thioether (sulfide) groups is 1. The molecule has 82 valence electrons. The molecule has 0 saturated heterocycles. The molecule has 0 bridgehead atoms. The third kappa shape index (κ3) is 4.81. The van der Waals surface area contributed by atoms with E-state index in [0.717, 1.165) is 5.75 Å². The minimum absolute atomic E-state index is 0.0791. The topological polar surface area (TPSA) is 55.7 Å². The highest BCUT2D eigenvalue weighted by Crippen LogP contribution is 2.16. The lowest BCUT2D eigenvalue weighted by Gasteiger charge is -2.06. The molecule has 14 heavy (non-hydrogen) atoms. The Balaban J connectivity index is 2.41. The summed E-state index contributed by atoms with van der Waals surface area (Å²) < 4.78 is 27.1. The van der Waals surface area contributed by atoms with Gasteiger partial charge >= 0.3 is 10.1 Å². The molecule has 0 unspecified atom stereocenters. The van der Waals surface area contributed by atoms with Crippen LogP contribution in [0.2, 0.25) is 0 Å². The van der Waals surface area contributed by atoms with Gasteiger partial charge in [-0.15, -0.1) is 0 Å². The van der Waals surface area contributed by atoms with Crippen molar-refractivity contribution in [3.63, 3.8) is 0 Å². The smallest absolute Gasteiger partial charge is 0.311 e. The monoisotopic (exact) mass is 273 g/mol. The zero-order valence-corrected chi connectivity index (χ0v) is 10.7. The number of rotatable bonds is 4. The van der Waals surface area contributed by atoms with Gasteiger partial charge in [0, 0.05) is 10.3 Å². The molecule has 0 spiro atoms. The summed E-state index contributed by atoms with van der Waals surface area (Å²) in [6, 6.07) is 0. The third-order valence-corrected chi connectivity index (χ3v) is 4.00. The van der Waals surface area contributed by atoms with Crippen LogP contribution in [0.5, 0.6) is 0 Å². The summed E-state index contributed by atoms with van der Waals surface area (Å²) in [5, 5.41) is 0.250. The highest BCUT2D eigenvalue weighted by Gasteiger charge is 2.19. The maximum atomic E-state index is 11.3. The number of nitrogens with zero attached hydrogens (tertiary/aromatic N) is 1. The molecule has 1 aliphatic heterocycles. The first-order chi connectivity index (χ1) is 6.49. The van der Waals surface area contributed by atoms with Crippen molar-refractivity contribution >= 4 is 52.4 Å². The number of hydrogen-bond donors (Lipinski definition) is 2. The predicted octanol–water partition coefficient (Wildman–Crippen LogP) is 1.01. The van der Waals surface area contributed by atoms with Crippen LogP contribution < -0.4 is 0 Å². The van der Waals surface area contributed by atoms with Crippen molar-refractivity contribution in [2.24, 2.45) is 4.99 Å². The molecule has 0 saturated carbocycles. The molecular formula is C6H11NO3S4. The molecule has 0 amide bonds. The maximum Gasteiger partial charge on any atom is 0.311 e. The van der Waals surface area contributed by atoms with Crippen LogP contribution in [0.15, 0.2) is 4.99 Å². The summed E-state index contributed by atoms with van der Waals surface area (Å²) in [6.07, 6.45) is 0.354. The molecule has 0 radical (unpaired) electrons. The molecule has 0 aliphatic carbocycles. The molecular weight excluding hydrogens is 262 g/mol. The van der Waals surface area contributed by atoms with E-state index in [1.54, 1.807) is 0 Å². The second-order valence-electron chi connectivity index (χ2n) is 2.61. The Morgan fingerprint density at radius 1 is 1.57 bits per heavy atom. The van der Waals surface area contributed by atoms with E-state index >= 15 is 0 Å². The molecule has 0 aromatic rings. The van der Waals surface area contributed by atoms with Crippen LogP contribution in [-0.4, -0.2) is 36.3 Å².